The van der Waals surface area contributed by atoms with Crippen molar-refractivity contribution in [2.75, 3.05) is 11.4 Å². The quantitative estimate of drug-likeness (QED) is 0.795. The summed E-state index contributed by atoms with van der Waals surface area (Å²) in [5.41, 5.74) is 6.34. The highest BCUT2D eigenvalue weighted by molar-refractivity contribution is 6.28. The van der Waals surface area contributed by atoms with Crippen LogP contribution in [0.25, 0.3) is 11.2 Å². The van der Waals surface area contributed by atoms with Crippen molar-refractivity contribution in [1.82, 2.24) is 19.9 Å². The summed E-state index contributed by atoms with van der Waals surface area (Å²) in [6.45, 7) is 3.92. The minimum Gasteiger partial charge on any atom is -0.368 e. The molecule has 18 heavy (non-hydrogen) atoms. The normalized spacial score (nSPS) is 11.1. The third kappa shape index (κ3) is 2.35. The Bertz CT molecular complexity index is 581. The van der Waals surface area contributed by atoms with E-state index in [0.717, 1.165) is 0 Å². The number of halogens is 1. The van der Waals surface area contributed by atoms with Gasteiger partial charge in [-0.15, -0.1) is 0 Å². The Morgan fingerprint density at radius 2 is 2.28 bits per heavy atom. The van der Waals surface area contributed by atoms with Crippen molar-refractivity contribution in [3.05, 3.63) is 11.6 Å². The van der Waals surface area contributed by atoms with Gasteiger partial charge >= 0.3 is 0 Å². The number of nitrogens with two attached hydrogens (primary N) is 1. The van der Waals surface area contributed by atoms with Crippen LogP contribution in [0.2, 0.25) is 5.28 Å². The van der Waals surface area contributed by atoms with E-state index in [9.17, 15) is 4.79 Å². The van der Waals surface area contributed by atoms with Gasteiger partial charge in [-0.3, -0.25) is 4.79 Å². The highest BCUT2D eigenvalue weighted by Gasteiger charge is 2.19. The van der Waals surface area contributed by atoms with Gasteiger partial charge in [0.1, 0.15) is 5.52 Å². The number of rotatable bonds is 4. The maximum atomic E-state index is 11.1. The first-order valence-corrected chi connectivity index (χ1v) is 5.78. The minimum atomic E-state index is -0.439. The third-order valence-corrected chi connectivity index (χ3v) is 2.63. The van der Waals surface area contributed by atoms with Crippen molar-refractivity contribution >= 4 is 34.5 Å². The Balaban J connectivity index is 2.55. The second-order valence-corrected chi connectivity index (χ2v) is 4.44. The lowest BCUT2D eigenvalue weighted by atomic mass is 10.3. The molecule has 8 heteroatoms. The molecule has 0 atom stereocenters. The molecule has 0 aliphatic rings. The van der Waals surface area contributed by atoms with Crippen molar-refractivity contribution in [2.45, 2.75) is 19.9 Å². The molecule has 2 heterocycles. The van der Waals surface area contributed by atoms with Crippen molar-refractivity contribution in [2.24, 2.45) is 5.73 Å². The van der Waals surface area contributed by atoms with Crippen LogP contribution >= 0.6 is 11.6 Å². The van der Waals surface area contributed by atoms with Gasteiger partial charge in [0.05, 0.1) is 12.9 Å². The molecule has 3 N–H and O–H groups in total. The summed E-state index contributed by atoms with van der Waals surface area (Å²) in [6.07, 6.45) is 1.50. The molecule has 2 rings (SSSR count). The fourth-order valence-electron chi connectivity index (χ4n) is 1.67. The summed E-state index contributed by atoms with van der Waals surface area (Å²) in [5.74, 6) is 0.0856. The van der Waals surface area contributed by atoms with E-state index in [1.54, 1.807) is 4.90 Å². The number of amides is 1. The Morgan fingerprint density at radius 3 is 2.89 bits per heavy atom. The SMILES string of the molecule is CC(C)N(CC(N)=O)c1nc(Cl)nc2nc[nH]c12. The van der Waals surface area contributed by atoms with Gasteiger partial charge in [0.25, 0.3) is 0 Å². The van der Waals surface area contributed by atoms with Crippen LogP contribution in [0.3, 0.4) is 0 Å². The predicted octanol–water partition coefficient (Wildman–Crippen LogP) is 0.706. The minimum absolute atomic E-state index is 0.0370. The number of aromatic nitrogens is 4. The number of carbonyl (C=O) groups excluding carboxylic acids is 1. The fraction of sp³-hybridized carbons (Fsp3) is 0.400. The Hall–Kier alpha value is -1.89. The molecular formula is C10H13ClN6O. The van der Waals surface area contributed by atoms with Gasteiger partial charge in [-0.25, -0.2) is 4.98 Å². The summed E-state index contributed by atoms with van der Waals surface area (Å²) in [5, 5.41) is 0.0831. The average Bonchev–Trinajstić information content (AvgIpc) is 2.71. The van der Waals surface area contributed by atoms with Gasteiger partial charge in [-0.05, 0) is 25.4 Å². The maximum Gasteiger partial charge on any atom is 0.237 e. The summed E-state index contributed by atoms with van der Waals surface area (Å²) in [6, 6.07) is 0.0370. The average molecular weight is 269 g/mol. The molecule has 0 fully saturated rings. The smallest absolute Gasteiger partial charge is 0.237 e. The fourth-order valence-corrected chi connectivity index (χ4v) is 1.83. The maximum absolute atomic E-state index is 11.1. The number of nitrogens with zero attached hydrogens (tertiary/aromatic N) is 4. The van der Waals surface area contributed by atoms with E-state index < -0.39 is 5.91 Å². The number of anilines is 1. The second-order valence-electron chi connectivity index (χ2n) is 4.11. The highest BCUT2D eigenvalue weighted by Crippen LogP contribution is 2.23. The largest absolute Gasteiger partial charge is 0.368 e. The molecule has 96 valence electrons. The van der Waals surface area contributed by atoms with Crippen molar-refractivity contribution < 1.29 is 4.79 Å². The number of hydrogen-bond acceptors (Lipinski definition) is 5. The van der Waals surface area contributed by atoms with Crippen LogP contribution in [0, 0.1) is 0 Å². The van der Waals surface area contributed by atoms with Gasteiger partial charge < -0.3 is 15.6 Å². The van der Waals surface area contributed by atoms with Crippen molar-refractivity contribution in [3.8, 4) is 0 Å². The van der Waals surface area contributed by atoms with Crippen molar-refractivity contribution in [1.29, 1.82) is 0 Å². The van der Waals surface area contributed by atoms with Crippen LogP contribution in [-0.4, -0.2) is 38.4 Å². The van der Waals surface area contributed by atoms with E-state index in [1.165, 1.54) is 6.33 Å². The predicted molar refractivity (Wildman–Crippen MR) is 68.4 cm³/mol. The number of H-pyrrole nitrogens is 1. The van der Waals surface area contributed by atoms with Crippen LogP contribution in [-0.2, 0) is 4.79 Å². The van der Waals surface area contributed by atoms with E-state index >= 15 is 0 Å². The molecule has 0 radical (unpaired) electrons. The molecule has 7 nitrogen and oxygen atoms in total. The molecule has 0 aliphatic carbocycles. The molecule has 0 spiro atoms. The molecule has 0 aromatic carbocycles. The van der Waals surface area contributed by atoms with Gasteiger partial charge in [0.15, 0.2) is 11.5 Å². The molecule has 0 saturated heterocycles. The molecule has 0 saturated carbocycles. The molecule has 2 aromatic rings. The number of nitrogens with one attached hydrogen (secondary N) is 1. The number of primary amides is 1. The lowest BCUT2D eigenvalue weighted by molar-refractivity contribution is -0.116. The zero-order valence-electron chi connectivity index (χ0n) is 10.0. The van der Waals surface area contributed by atoms with Crippen LogP contribution in [0.5, 0.6) is 0 Å². The zero-order valence-corrected chi connectivity index (χ0v) is 10.8. The number of carbonyl (C=O) groups is 1. The topological polar surface area (TPSA) is 101 Å². The van der Waals surface area contributed by atoms with E-state index in [4.69, 9.17) is 17.3 Å². The van der Waals surface area contributed by atoms with E-state index in [-0.39, 0.29) is 17.9 Å². The van der Waals surface area contributed by atoms with Crippen LogP contribution in [0.1, 0.15) is 13.8 Å². The molecular weight excluding hydrogens is 256 g/mol. The van der Waals surface area contributed by atoms with Gasteiger partial charge in [-0.1, -0.05) is 0 Å². The Morgan fingerprint density at radius 1 is 1.56 bits per heavy atom. The Kier molecular flexibility index (Phi) is 3.33. The van der Waals surface area contributed by atoms with Gasteiger partial charge in [0, 0.05) is 6.04 Å². The standard InChI is InChI=1S/C10H13ClN6O/c1-5(2)17(3-6(12)18)9-7-8(14-4-13-7)15-10(11)16-9/h4-5H,3H2,1-2H3,(H2,12,18)(H,13,14,15,16). The third-order valence-electron chi connectivity index (χ3n) is 2.46. The van der Waals surface area contributed by atoms with E-state index in [2.05, 4.69) is 19.9 Å². The first kappa shape index (κ1) is 12.6. The van der Waals surface area contributed by atoms with Crippen LogP contribution in [0.4, 0.5) is 5.82 Å². The summed E-state index contributed by atoms with van der Waals surface area (Å²) in [7, 11) is 0. The van der Waals surface area contributed by atoms with Crippen LogP contribution < -0.4 is 10.6 Å². The first-order valence-electron chi connectivity index (χ1n) is 5.40. The Labute approximate surface area is 108 Å². The van der Waals surface area contributed by atoms with E-state index in [0.29, 0.717) is 17.0 Å². The molecule has 2 aromatic heterocycles. The van der Waals surface area contributed by atoms with Crippen molar-refractivity contribution in [3.63, 3.8) is 0 Å². The molecule has 0 aliphatic heterocycles. The second kappa shape index (κ2) is 4.77. The molecule has 0 bridgehead atoms. The zero-order chi connectivity index (χ0) is 13.3. The lowest BCUT2D eigenvalue weighted by Crippen LogP contribution is -2.39. The number of aromatic amines is 1. The lowest BCUT2D eigenvalue weighted by Gasteiger charge is -2.26. The molecule has 1 amide bonds. The highest BCUT2D eigenvalue weighted by atomic mass is 35.5. The number of fused-ring (bicyclic) bond motifs is 1. The summed E-state index contributed by atoms with van der Waals surface area (Å²) < 4.78 is 0. The number of imidazole rings is 1. The van der Waals surface area contributed by atoms with Gasteiger partial charge in [0.2, 0.25) is 11.2 Å². The van der Waals surface area contributed by atoms with Gasteiger partial charge in [-0.2, -0.15) is 9.97 Å². The monoisotopic (exact) mass is 268 g/mol. The first-order chi connectivity index (χ1) is 8.49. The van der Waals surface area contributed by atoms with Crippen LogP contribution in [0.15, 0.2) is 6.33 Å². The van der Waals surface area contributed by atoms with E-state index in [1.807, 2.05) is 13.8 Å². The summed E-state index contributed by atoms with van der Waals surface area (Å²) in [4.78, 5) is 28.0. The summed E-state index contributed by atoms with van der Waals surface area (Å²) >= 11 is 5.85. The molecule has 0 unspecified atom stereocenters. The number of hydrogen-bond donors (Lipinski definition) is 2.